The molecule has 0 saturated heterocycles. The van der Waals surface area contributed by atoms with Gasteiger partial charge in [0.1, 0.15) is 11.6 Å². The summed E-state index contributed by atoms with van der Waals surface area (Å²) >= 11 is 5.91. The first-order valence-corrected chi connectivity index (χ1v) is 6.54. The van der Waals surface area contributed by atoms with E-state index < -0.39 is 5.91 Å². The molecule has 0 saturated carbocycles. The Labute approximate surface area is 126 Å². The van der Waals surface area contributed by atoms with Crippen molar-refractivity contribution in [2.45, 2.75) is 6.61 Å². The number of ether oxygens (including phenoxy) is 1. The van der Waals surface area contributed by atoms with Crippen LogP contribution in [0.15, 0.2) is 42.5 Å². The third kappa shape index (κ3) is 4.18. The highest BCUT2D eigenvalue weighted by molar-refractivity contribution is 6.31. The van der Waals surface area contributed by atoms with Gasteiger partial charge in [-0.1, -0.05) is 17.7 Å². The van der Waals surface area contributed by atoms with E-state index in [1.807, 2.05) is 0 Å². The van der Waals surface area contributed by atoms with E-state index >= 15 is 0 Å². The molecule has 0 aromatic heterocycles. The molecule has 2 aromatic carbocycles. The molecular weight excluding hydrogens is 297 g/mol. The first-order valence-electron chi connectivity index (χ1n) is 6.16. The maximum atomic E-state index is 12.7. The Kier molecular flexibility index (Phi) is 5.14. The molecule has 0 heterocycles. The Bertz CT molecular complexity index is 631. The summed E-state index contributed by atoms with van der Waals surface area (Å²) < 4.78 is 18.1. The SMILES string of the molecule is O=C(COc1cccc(Cl)c1CO)Nc1ccc(F)cc1. The lowest BCUT2D eigenvalue weighted by atomic mass is 10.2. The summed E-state index contributed by atoms with van der Waals surface area (Å²) in [5, 5.41) is 12.2. The van der Waals surface area contributed by atoms with Crippen molar-refractivity contribution < 1.29 is 19.0 Å². The maximum absolute atomic E-state index is 12.7. The molecule has 4 nitrogen and oxygen atoms in total. The fourth-order valence-corrected chi connectivity index (χ4v) is 1.93. The Hall–Kier alpha value is -2.11. The Morgan fingerprint density at radius 2 is 1.95 bits per heavy atom. The van der Waals surface area contributed by atoms with E-state index in [0.29, 0.717) is 22.0 Å². The van der Waals surface area contributed by atoms with Crippen molar-refractivity contribution in [3.05, 3.63) is 58.9 Å². The molecule has 6 heteroatoms. The standard InChI is InChI=1S/C15H13ClFNO3/c16-13-2-1-3-14(12(13)8-19)21-9-15(20)18-11-6-4-10(17)5-7-11/h1-7,19H,8-9H2,(H,18,20). The molecule has 21 heavy (non-hydrogen) atoms. The Balaban J connectivity index is 1.95. The van der Waals surface area contributed by atoms with Crippen LogP contribution in [0, 0.1) is 5.82 Å². The average molecular weight is 310 g/mol. The highest BCUT2D eigenvalue weighted by Crippen LogP contribution is 2.26. The lowest BCUT2D eigenvalue weighted by molar-refractivity contribution is -0.118. The fourth-order valence-electron chi connectivity index (χ4n) is 1.70. The van der Waals surface area contributed by atoms with Crippen molar-refractivity contribution in [3.63, 3.8) is 0 Å². The summed E-state index contributed by atoms with van der Waals surface area (Å²) in [6, 6.07) is 10.3. The summed E-state index contributed by atoms with van der Waals surface area (Å²) in [6.45, 7) is -0.528. The molecule has 2 aromatic rings. The van der Waals surface area contributed by atoms with E-state index in [0.717, 1.165) is 0 Å². The number of aliphatic hydroxyl groups excluding tert-OH is 1. The second kappa shape index (κ2) is 7.06. The third-order valence-corrected chi connectivity index (χ3v) is 3.07. The number of aliphatic hydroxyl groups is 1. The van der Waals surface area contributed by atoms with Crippen molar-refractivity contribution in [3.8, 4) is 5.75 Å². The molecule has 0 fully saturated rings. The lowest BCUT2D eigenvalue weighted by Crippen LogP contribution is -2.20. The first-order chi connectivity index (χ1) is 10.1. The van der Waals surface area contributed by atoms with Gasteiger partial charge < -0.3 is 15.2 Å². The van der Waals surface area contributed by atoms with Crippen molar-refractivity contribution in [1.29, 1.82) is 0 Å². The van der Waals surface area contributed by atoms with Crippen molar-refractivity contribution in [2.75, 3.05) is 11.9 Å². The van der Waals surface area contributed by atoms with Crippen molar-refractivity contribution in [2.24, 2.45) is 0 Å². The van der Waals surface area contributed by atoms with Crippen LogP contribution in [0.2, 0.25) is 5.02 Å². The van der Waals surface area contributed by atoms with Gasteiger partial charge in [-0.05, 0) is 36.4 Å². The van der Waals surface area contributed by atoms with Crippen LogP contribution in [-0.4, -0.2) is 17.6 Å². The van der Waals surface area contributed by atoms with Gasteiger partial charge in [-0.15, -0.1) is 0 Å². The number of amides is 1. The van der Waals surface area contributed by atoms with Gasteiger partial charge >= 0.3 is 0 Å². The van der Waals surface area contributed by atoms with Crippen LogP contribution >= 0.6 is 11.6 Å². The van der Waals surface area contributed by atoms with Gasteiger partial charge in [0.05, 0.1) is 6.61 Å². The van der Waals surface area contributed by atoms with E-state index in [1.54, 1.807) is 18.2 Å². The third-order valence-electron chi connectivity index (χ3n) is 2.72. The highest BCUT2D eigenvalue weighted by Gasteiger charge is 2.09. The van der Waals surface area contributed by atoms with Gasteiger partial charge in [-0.25, -0.2) is 4.39 Å². The number of hydrogen-bond acceptors (Lipinski definition) is 3. The number of benzene rings is 2. The first kappa shape index (κ1) is 15.3. The molecule has 0 atom stereocenters. The second-order valence-corrected chi connectivity index (χ2v) is 4.63. The van der Waals surface area contributed by atoms with Gasteiger partial charge in [-0.3, -0.25) is 4.79 Å². The Morgan fingerprint density at radius 1 is 1.24 bits per heavy atom. The summed E-state index contributed by atoms with van der Waals surface area (Å²) in [6.07, 6.45) is 0. The van der Waals surface area contributed by atoms with Gasteiger partial charge in [0, 0.05) is 16.3 Å². The summed E-state index contributed by atoms with van der Waals surface area (Å²) in [5.41, 5.74) is 0.896. The topological polar surface area (TPSA) is 58.6 Å². The predicted molar refractivity (Wildman–Crippen MR) is 77.9 cm³/mol. The monoisotopic (exact) mass is 309 g/mol. The quantitative estimate of drug-likeness (QED) is 0.892. The van der Waals surface area contributed by atoms with Gasteiger partial charge in [0.15, 0.2) is 6.61 Å². The minimum Gasteiger partial charge on any atom is -0.483 e. The van der Waals surface area contributed by atoms with Crippen molar-refractivity contribution >= 4 is 23.2 Å². The number of halogens is 2. The van der Waals surface area contributed by atoms with E-state index in [1.165, 1.54) is 24.3 Å². The Morgan fingerprint density at radius 3 is 2.62 bits per heavy atom. The molecule has 0 unspecified atom stereocenters. The normalized spacial score (nSPS) is 10.2. The van der Waals surface area contributed by atoms with Crippen LogP contribution in [0.25, 0.3) is 0 Å². The van der Waals surface area contributed by atoms with E-state index in [2.05, 4.69) is 5.32 Å². The molecule has 1 amide bonds. The van der Waals surface area contributed by atoms with Crippen molar-refractivity contribution in [1.82, 2.24) is 0 Å². The lowest BCUT2D eigenvalue weighted by Gasteiger charge is -2.11. The van der Waals surface area contributed by atoms with E-state index in [4.69, 9.17) is 16.3 Å². The number of hydrogen-bond donors (Lipinski definition) is 2. The molecular formula is C15H13ClFNO3. The van der Waals surface area contributed by atoms with Gasteiger partial charge in [0.2, 0.25) is 0 Å². The minimum atomic E-state index is -0.398. The van der Waals surface area contributed by atoms with Crippen LogP contribution in [0.1, 0.15) is 5.56 Å². The van der Waals surface area contributed by atoms with Crippen LogP contribution in [0.4, 0.5) is 10.1 Å². The molecule has 2 rings (SSSR count). The smallest absolute Gasteiger partial charge is 0.262 e. The average Bonchev–Trinajstić information content (AvgIpc) is 2.47. The number of carbonyl (C=O) groups is 1. The molecule has 0 spiro atoms. The van der Waals surface area contributed by atoms with Crippen LogP contribution in [0.5, 0.6) is 5.75 Å². The van der Waals surface area contributed by atoms with Gasteiger partial charge in [-0.2, -0.15) is 0 Å². The number of nitrogens with one attached hydrogen (secondary N) is 1. The van der Waals surface area contributed by atoms with Crippen LogP contribution in [0.3, 0.4) is 0 Å². The number of anilines is 1. The largest absolute Gasteiger partial charge is 0.483 e. The summed E-state index contributed by atoms with van der Waals surface area (Å²) in [5.74, 6) is -0.430. The fraction of sp³-hybridized carbons (Fsp3) is 0.133. The number of rotatable bonds is 5. The predicted octanol–water partition coefficient (Wildman–Crippen LogP) is 2.99. The zero-order valence-corrected chi connectivity index (χ0v) is 11.7. The van der Waals surface area contributed by atoms with Crippen LogP contribution in [-0.2, 0) is 11.4 Å². The molecule has 110 valence electrons. The molecule has 0 aliphatic rings. The molecule has 0 aliphatic carbocycles. The minimum absolute atomic E-state index is 0.245. The van der Waals surface area contributed by atoms with E-state index in [-0.39, 0.29) is 19.0 Å². The summed E-state index contributed by atoms with van der Waals surface area (Å²) in [7, 11) is 0. The highest BCUT2D eigenvalue weighted by atomic mass is 35.5. The number of carbonyl (C=O) groups excluding carboxylic acids is 1. The van der Waals surface area contributed by atoms with E-state index in [9.17, 15) is 14.3 Å². The zero-order valence-electron chi connectivity index (χ0n) is 11.0. The molecule has 0 radical (unpaired) electrons. The van der Waals surface area contributed by atoms with Crippen LogP contribution < -0.4 is 10.1 Å². The molecule has 2 N–H and O–H groups in total. The molecule has 0 aliphatic heterocycles. The zero-order chi connectivity index (χ0) is 15.2. The second-order valence-electron chi connectivity index (χ2n) is 4.22. The maximum Gasteiger partial charge on any atom is 0.262 e. The summed E-state index contributed by atoms with van der Waals surface area (Å²) in [4.78, 5) is 11.7. The van der Waals surface area contributed by atoms with Gasteiger partial charge in [0.25, 0.3) is 5.91 Å². The molecule has 0 bridgehead atoms.